The monoisotopic (exact) mass is 359 g/mol. The van der Waals surface area contributed by atoms with E-state index >= 15 is 0 Å². The topological polar surface area (TPSA) is 77.8 Å². The molecular weight excluding hydrogens is 345 g/mol. The number of hydrogen-bond acceptors (Lipinski definition) is 3. The number of carbonyl (C=O) groups is 2. The van der Waals surface area contributed by atoms with Gasteiger partial charge in [-0.2, -0.15) is 0 Å². The maximum Gasteiger partial charge on any atom is 0.308 e. The standard InChI is InChI=1S/C14H15BrFNO4/c15-12-2-1-9(16)5-8(12)6-17-4-3-10(13(18)19)11(7-17)14(20)21/h1-2,5,10-11H,3-4,6-7H2,(H,18,19)(H,20,21). The fraction of sp³-hybridized carbons (Fsp3) is 0.429. The number of carboxylic acid groups (broad SMARTS) is 2. The first-order valence-corrected chi connectivity index (χ1v) is 7.29. The third kappa shape index (κ3) is 3.79. The van der Waals surface area contributed by atoms with Gasteiger partial charge in [-0.1, -0.05) is 15.9 Å². The van der Waals surface area contributed by atoms with E-state index < -0.39 is 23.8 Å². The molecule has 0 saturated carbocycles. The summed E-state index contributed by atoms with van der Waals surface area (Å²) in [6.07, 6.45) is 0.277. The lowest BCUT2D eigenvalue weighted by Gasteiger charge is -2.34. The van der Waals surface area contributed by atoms with E-state index in [4.69, 9.17) is 5.11 Å². The molecule has 5 nitrogen and oxygen atoms in total. The second-order valence-corrected chi connectivity index (χ2v) is 6.00. The molecular formula is C14H15BrFNO4. The van der Waals surface area contributed by atoms with Crippen LogP contribution in [0.15, 0.2) is 22.7 Å². The number of carboxylic acids is 2. The predicted molar refractivity (Wildman–Crippen MR) is 76.2 cm³/mol. The lowest BCUT2D eigenvalue weighted by molar-refractivity contribution is -0.157. The van der Waals surface area contributed by atoms with Crippen LogP contribution in [0.1, 0.15) is 12.0 Å². The van der Waals surface area contributed by atoms with Crippen LogP contribution >= 0.6 is 15.9 Å². The number of nitrogens with zero attached hydrogens (tertiary/aromatic N) is 1. The van der Waals surface area contributed by atoms with Gasteiger partial charge in [0.1, 0.15) is 5.82 Å². The summed E-state index contributed by atoms with van der Waals surface area (Å²) in [6.45, 7) is 1.01. The summed E-state index contributed by atoms with van der Waals surface area (Å²) in [5, 5.41) is 18.3. The SMILES string of the molecule is O=C(O)C1CCN(Cc2cc(F)ccc2Br)CC1C(=O)O. The number of aliphatic carboxylic acids is 2. The van der Waals surface area contributed by atoms with E-state index in [1.807, 2.05) is 4.90 Å². The maximum atomic E-state index is 13.3. The van der Waals surface area contributed by atoms with Gasteiger partial charge in [0.15, 0.2) is 0 Å². The van der Waals surface area contributed by atoms with E-state index in [0.717, 1.165) is 4.47 Å². The highest BCUT2D eigenvalue weighted by molar-refractivity contribution is 9.10. The second kappa shape index (κ2) is 6.53. The van der Waals surface area contributed by atoms with Gasteiger partial charge < -0.3 is 10.2 Å². The van der Waals surface area contributed by atoms with Gasteiger partial charge in [0.2, 0.25) is 0 Å². The number of hydrogen-bond donors (Lipinski definition) is 2. The van der Waals surface area contributed by atoms with Crippen molar-refractivity contribution in [3.05, 3.63) is 34.1 Å². The van der Waals surface area contributed by atoms with Crippen molar-refractivity contribution in [2.75, 3.05) is 13.1 Å². The highest BCUT2D eigenvalue weighted by Crippen LogP contribution is 2.27. The molecule has 0 amide bonds. The highest BCUT2D eigenvalue weighted by atomic mass is 79.9. The Balaban J connectivity index is 2.11. The largest absolute Gasteiger partial charge is 0.481 e. The molecule has 0 radical (unpaired) electrons. The van der Waals surface area contributed by atoms with Crippen molar-refractivity contribution < 1.29 is 24.2 Å². The number of rotatable bonds is 4. The van der Waals surface area contributed by atoms with Crippen molar-refractivity contribution in [3.8, 4) is 0 Å². The van der Waals surface area contributed by atoms with Crippen LogP contribution in [-0.4, -0.2) is 40.1 Å². The molecule has 21 heavy (non-hydrogen) atoms. The van der Waals surface area contributed by atoms with Gasteiger partial charge in [-0.25, -0.2) is 4.39 Å². The highest BCUT2D eigenvalue weighted by Gasteiger charge is 2.38. The van der Waals surface area contributed by atoms with Crippen LogP contribution in [0, 0.1) is 17.7 Å². The van der Waals surface area contributed by atoms with E-state index in [1.165, 1.54) is 12.1 Å². The van der Waals surface area contributed by atoms with Gasteiger partial charge >= 0.3 is 11.9 Å². The molecule has 2 unspecified atom stereocenters. The maximum absolute atomic E-state index is 13.3. The lowest BCUT2D eigenvalue weighted by Crippen LogP contribution is -2.46. The van der Waals surface area contributed by atoms with Crippen LogP contribution in [0.5, 0.6) is 0 Å². The van der Waals surface area contributed by atoms with Gasteiger partial charge in [-0.05, 0) is 36.7 Å². The molecule has 0 aliphatic carbocycles. The molecule has 0 bridgehead atoms. The zero-order valence-corrected chi connectivity index (χ0v) is 12.7. The fourth-order valence-electron chi connectivity index (χ4n) is 2.61. The molecule has 1 aromatic carbocycles. The minimum atomic E-state index is -1.11. The van der Waals surface area contributed by atoms with Crippen LogP contribution < -0.4 is 0 Å². The Bertz CT molecular complexity index is 566. The Morgan fingerprint density at radius 3 is 2.57 bits per heavy atom. The number of piperidine rings is 1. The van der Waals surface area contributed by atoms with E-state index in [0.29, 0.717) is 18.7 Å². The van der Waals surface area contributed by atoms with Gasteiger partial charge in [0, 0.05) is 17.6 Å². The average Bonchev–Trinajstić information content (AvgIpc) is 2.42. The number of likely N-dealkylation sites (tertiary alicyclic amines) is 1. The van der Waals surface area contributed by atoms with Gasteiger partial charge in [-0.3, -0.25) is 14.5 Å². The molecule has 1 heterocycles. The first-order valence-electron chi connectivity index (χ1n) is 6.50. The Labute approximate surface area is 129 Å². The van der Waals surface area contributed by atoms with Crippen LogP contribution in [0.3, 0.4) is 0 Å². The Morgan fingerprint density at radius 1 is 1.29 bits per heavy atom. The number of halogens is 2. The van der Waals surface area contributed by atoms with E-state index in [-0.39, 0.29) is 18.8 Å². The minimum Gasteiger partial charge on any atom is -0.481 e. The molecule has 7 heteroatoms. The molecule has 1 saturated heterocycles. The van der Waals surface area contributed by atoms with Gasteiger partial charge in [0.05, 0.1) is 11.8 Å². The molecule has 2 N–H and O–H groups in total. The molecule has 2 rings (SSSR count). The van der Waals surface area contributed by atoms with Gasteiger partial charge in [-0.15, -0.1) is 0 Å². The Kier molecular flexibility index (Phi) is 4.95. The summed E-state index contributed by atoms with van der Waals surface area (Å²) < 4.78 is 14.0. The van der Waals surface area contributed by atoms with Crippen molar-refractivity contribution in [2.24, 2.45) is 11.8 Å². The summed E-state index contributed by atoms with van der Waals surface area (Å²) in [5.74, 6) is -4.35. The average molecular weight is 360 g/mol. The van der Waals surface area contributed by atoms with E-state index in [1.54, 1.807) is 6.07 Å². The van der Waals surface area contributed by atoms with Crippen molar-refractivity contribution >= 4 is 27.9 Å². The Morgan fingerprint density at radius 2 is 1.95 bits per heavy atom. The lowest BCUT2D eigenvalue weighted by atomic mass is 9.85. The third-order valence-electron chi connectivity index (χ3n) is 3.73. The summed E-state index contributed by atoms with van der Waals surface area (Å²) in [6, 6.07) is 4.33. The van der Waals surface area contributed by atoms with E-state index in [2.05, 4.69) is 15.9 Å². The second-order valence-electron chi connectivity index (χ2n) is 5.15. The van der Waals surface area contributed by atoms with Crippen molar-refractivity contribution in [1.29, 1.82) is 0 Å². The van der Waals surface area contributed by atoms with Gasteiger partial charge in [0.25, 0.3) is 0 Å². The number of benzene rings is 1. The van der Waals surface area contributed by atoms with Crippen molar-refractivity contribution in [3.63, 3.8) is 0 Å². The molecule has 0 spiro atoms. The zero-order chi connectivity index (χ0) is 15.6. The van der Waals surface area contributed by atoms with Crippen LogP contribution in [0.4, 0.5) is 4.39 Å². The first-order chi connectivity index (χ1) is 9.88. The molecule has 2 atom stereocenters. The normalized spacial score (nSPS) is 23.0. The molecule has 1 aromatic rings. The van der Waals surface area contributed by atoms with Crippen molar-refractivity contribution in [1.82, 2.24) is 4.90 Å². The summed E-state index contributed by atoms with van der Waals surface area (Å²) in [5.41, 5.74) is 0.716. The van der Waals surface area contributed by atoms with E-state index in [9.17, 15) is 19.1 Å². The Hall–Kier alpha value is -1.47. The van der Waals surface area contributed by atoms with Crippen LogP contribution in [0.25, 0.3) is 0 Å². The molecule has 1 aliphatic rings. The third-order valence-corrected chi connectivity index (χ3v) is 4.51. The first kappa shape index (κ1) is 15.9. The molecule has 1 aliphatic heterocycles. The van der Waals surface area contributed by atoms with Crippen LogP contribution in [0.2, 0.25) is 0 Å². The quantitative estimate of drug-likeness (QED) is 0.861. The smallest absolute Gasteiger partial charge is 0.308 e. The zero-order valence-electron chi connectivity index (χ0n) is 11.1. The molecule has 0 aromatic heterocycles. The molecule has 114 valence electrons. The summed E-state index contributed by atoms with van der Waals surface area (Å²) >= 11 is 3.33. The van der Waals surface area contributed by atoms with Crippen molar-refractivity contribution in [2.45, 2.75) is 13.0 Å². The molecule has 1 fully saturated rings. The van der Waals surface area contributed by atoms with Crippen LogP contribution in [-0.2, 0) is 16.1 Å². The summed E-state index contributed by atoms with van der Waals surface area (Å²) in [4.78, 5) is 24.2. The predicted octanol–water partition coefficient (Wildman–Crippen LogP) is 2.20. The minimum absolute atomic E-state index is 0.148. The fourth-order valence-corrected chi connectivity index (χ4v) is 2.99. The summed E-state index contributed by atoms with van der Waals surface area (Å²) in [7, 11) is 0.